The molecule has 1 saturated heterocycles. The van der Waals surface area contributed by atoms with Crippen molar-refractivity contribution in [2.24, 2.45) is 5.73 Å². The number of primary amides is 1. The third-order valence-electron chi connectivity index (χ3n) is 3.08. The molecule has 2 amide bonds. The summed E-state index contributed by atoms with van der Waals surface area (Å²) in [6, 6.07) is -0.750. The number of rotatable bonds is 2. The lowest BCUT2D eigenvalue weighted by molar-refractivity contribution is -0.0298. The number of nitrogens with zero attached hydrogens (tertiary/aromatic N) is 4. The number of anilines is 1. The van der Waals surface area contributed by atoms with Crippen LogP contribution >= 0.6 is 11.6 Å². The van der Waals surface area contributed by atoms with E-state index in [1.165, 1.54) is 0 Å². The Kier molecular flexibility index (Phi) is 3.41. The van der Waals surface area contributed by atoms with E-state index in [2.05, 4.69) is 20.3 Å². The highest BCUT2D eigenvalue weighted by Crippen LogP contribution is 2.28. The Bertz CT molecular complexity index is 652. The van der Waals surface area contributed by atoms with Gasteiger partial charge in [-0.25, -0.2) is 9.78 Å². The Morgan fingerprint density at radius 2 is 2.35 bits per heavy atom. The van der Waals surface area contributed by atoms with Crippen LogP contribution in [0, 0.1) is 0 Å². The molecular weight excluding hydrogens is 284 g/mol. The fourth-order valence-corrected chi connectivity index (χ4v) is 2.42. The van der Waals surface area contributed by atoms with Gasteiger partial charge in [0.1, 0.15) is 11.7 Å². The summed E-state index contributed by atoms with van der Waals surface area (Å²) in [5.41, 5.74) is 6.04. The molecule has 1 aliphatic heterocycles. The smallest absolute Gasteiger partial charge is 0.319 e. The standard InChI is InChI=1S/C11H13ClN6O2/c12-8-7-9(16-11(15-8)17-10(13)19)18(5-14-7)6-3-1-2-4-20-6/h5-6H,1-4H2,(H3,13,15,16,17,19)/t6-/m1/s1. The average molecular weight is 297 g/mol. The van der Waals surface area contributed by atoms with Crippen molar-refractivity contribution in [2.75, 3.05) is 11.9 Å². The van der Waals surface area contributed by atoms with Crippen molar-refractivity contribution in [2.45, 2.75) is 25.5 Å². The minimum Gasteiger partial charge on any atom is -0.358 e. The maximum atomic E-state index is 10.9. The predicted molar refractivity (Wildman–Crippen MR) is 72.4 cm³/mol. The lowest BCUT2D eigenvalue weighted by Gasteiger charge is -2.23. The number of carbonyl (C=O) groups is 1. The van der Waals surface area contributed by atoms with E-state index in [9.17, 15) is 4.79 Å². The largest absolute Gasteiger partial charge is 0.358 e. The van der Waals surface area contributed by atoms with Gasteiger partial charge < -0.3 is 10.5 Å². The zero-order chi connectivity index (χ0) is 14.1. The summed E-state index contributed by atoms with van der Waals surface area (Å²) >= 11 is 6.04. The third-order valence-corrected chi connectivity index (χ3v) is 3.34. The van der Waals surface area contributed by atoms with E-state index in [0.29, 0.717) is 17.8 Å². The molecule has 0 aliphatic carbocycles. The summed E-state index contributed by atoms with van der Waals surface area (Å²) in [6.45, 7) is 0.704. The van der Waals surface area contributed by atoms with Gasteiger partial charge in [0.15, 0.2) is 10.8 Å². The molecule has 8 nitrogen and oxygen atoms in total. The van der Waals surface area contributed by atoms with Crippen LogP contribution in [0.5, 0.6) is 0 Å². The number of halogens is 1. The van der Waals surface area contributed by atoms with Gasteiger partial charge in [-0.15, -0.1) is 0 Å². The van der Waals surface area contributed by atoms with Crippen molar-refractivity contribution in [3.05, 3.63) is 11.5 Å². The highest BCUT2D eigenvalue weighted by atomic mass is 35.5. The molecule has 1 atom stereocenters. The molecule has 3 rings (SSSR count). The maximum Gasteiger partial charge on any atom is 0.319 e. The summed E-state index contributed by atoms with van der Waals surface area (Å²) in [5.74, 6) is 0.0487. The van der Waals surface area contributed by atoms with Crippen molar-refractivity contribution >= 4 is 34.7 Å². The first-order valence-electron chi connectivity index (χ1n) is 6.23. The minimum absolute atomic E-state index is 0.0487. The second-order valence-electron chi connectivity index (χ2n) is 4.47. The second-order valence-corrected chi connectivity index (χ2v) is 4.83. The Hall–Kier alpha value is -1.93. The normalized spacial score (nSPS) is 19.1. The molecule has 0 unspecified atom stereocenters. The molecular formula is C11H13ClN6O2. The fourth-order valence-electron chi connectivity index (χ4n) is 2.20. The molecule has 3 N–H and O–H groups in total. The van der Waals surface area contributed by atoms with E-state index in [-0.39, 0.29) is 17.3 Å². The monoisotopic (exact) mass is 296 g/mol. The zero-order valence-electron chi connectivity index (χ0n) is 10.5. The number of fused-ring (bicyclic) bond motifs is 1. The number of imidazole rings is 1. The Morgan fingerprint density at radius 1 is 1.50 bits per heavy atom. The van der Waals surface area contributed by atoms with Gasteiger partial charge in [0, 0.05) is 6.61 Å². The SMILES string of the molecule is NC(=O)Nc1nc(Cl)c2ncn([C@H]3CCCCO3)c2n1. The van der Waals surface area contributed by atoms with Crippen LogP contribution in [-0.2, 0) is 4.74 Å². The number of hydrogen-bond donors (Lipinski definition) is 2. The van der Waals surface area contributed by atoms with Crippen LogP contribution in [0.2, 0.25) is 5.15 Å². The van der Waals surface area contributed by atoms with Gasteiger partial charge in [-0.2, -0.15) is 9.97 Å². The van der Waals surface area contributed by atoms with E-state index in [1.807, 2.05) is 0 Å². The Morgan fingerprint density at radius 3 is 3.05 bits per heavy atom. The number of nitrogens with one attached hydrogen (secondary N) is 1. The van der Waals surface area contributed by atoms with Crippen LogP contribution in [0.1, 0.15) is 25.5 Å². The average Bonchev–Trinajstić information content (AvgIpc) is 2.83. The van der Waals surface area contributed by atoms with Gasteiger partial charge >= 0.3 is 6.03 Å². The highest BCUT2D eigenvalue weighted by Gasteiger charge is 2.20. The van der Waals surface area contributed by atoms with Gasteiger partial charge in [-0.05, 0) is 19.3 Å². The van der Waals surface area contributed by atoms with Crippen LogP contribution in [0.4, 0.5) is 10.7 Å². The number of hydrogen-bond acceptors (Lipinski definition) is 5. The maximum absolute atomic E-state index is 10.9. The topological polar surface area (TPSA) is 108 Å². The van der Waals surface area contributed by atoms with Crippen molar-refractivity contribution in [3.63, 3.8) is 0 Å². The molecule has 2 aromatic rings. The van der Waals surface area contributed by atoms with Crippen LogP contribution < -0.4 is 11.1 Å². The summed E-state index contributed by atoms with van der Waals surface area (Å²) in [4.78, 5) is 23.2. The molecule has 0 bridgehead atoms. The number of carbonyl (C=O) groups excluding carboxylic acids is 1. The summed E-state index contributed by atoms with van der Waals surface area (Å²) in [5, 5.41) is 2.47. The van der Waals surface area contributed by atoms with Crippen molar-refractivity contribution in [3.8, 4) is 0 Å². The molecule has 2 aromatic heterocycles. The molecule has 9 heteroatoms. The van der Waals surface area contributed by atoms with Gasteiger partial charge in [-0.3, -0.25) is 9.88 Å². The molecule has 1 fully saturated rings. The van der Waals surface area contributed by atoms with Crippen molar-refractivity contribution < 1.29 is 9.53 Å². The molecule has 0 spiro atoms. The predicted octanol–water partition coefficient (Wildman–Crippen LogP) is 1.67. The molecule has 0 saturated carbocycles. The molecule has 20 heavy (non-hydrogen) atoms. The number of aromatic nitrogens is 4. The minimum atomic E-state index is -0.750. The quantitative estimate of drug-likeness (QED) is 0.819. The van der Waals surface area contributed by atoms with Gasteiger partial charge in [0.25, 0.3) is 0 Å². The second kappa shape index (κ2) is 5.22. The van der Waals surface area contributed by atoms with Gasteiger partial charge in [0.2, 0.25) is 5.95 Å². The number of amides is 2. The first kappa shape index (κ1) is 13.1. The van der Waals surface area contributed by atoms with E-state index < -0.39 is 6.03 Å². The van der Waals surface area contributed by atoms with Gasteiger partial charge in [0.05, 0.1) is 6.33 Å². The third kappa shape index (κ3) is 2.39. The van der Waals surface area contributed by atoms with Crippen LogP contribution in [0.15, 0.2) is 6.33 Å². The van der Waals surface area contributed by atoms with Crippen molar-refractivity contribution in [1.82, 2.24) is 19.5 Å². The molecule has 0 radical (unpaired) electrons. The number of nitrogens with two attached hydrogens (primary N) is 1. The molecule has 0 aromatic carbocycles. The molecule has 106 valence electrons. The van der Waals surface area contributed by atoms with E-state index in [1.54, 1.807) is 10.9 Å². The van der Waals surface area contributed by atoms with Crippen molar-refractivity contribution in [1.29, 1.82) is 0 Å². The van der Waals surface area contributed by atoms with E-state index in [4.69, 9.17) is 22.1 Å². The molecule has 1 aliphatic rings. The van der Waals surface area contributed by atoms with Crippen LogP contribution in [0.25, 0.3) is 11.2 Å². The summed E-state index contributed by atoms with van der Waals surface area (Å²) < 4.78 is 7.50. The lowest BCUT2D eigenvalue weighted by atomic mass is 10.2. The van der Waals surface area contributed by atoms with Gasteiger partial charge in [-0.1, -0.05) is 11.6 Å². The number of urea groups is 1. The summed E-state index contributed by atoms with van der Waals surface area (Å²) in [7, 11) is 0. The fraction of sp³-hybridized carbons (Fsp3) is 0.455. The Labute approximate surface area is 119 Å². The lowest BCUT2D eigenvalue weighted by Crippen LogP contribution is -2.21. The zero-order valence-corrected chi connectivity index (χ0v) is 11.3. The Balaban J connectivity index is 2.04. The summed E-state index contributed by atoms with van der Waals surface area (Å²) in [6.07, 6.45) is 4.50. The van der Waals surface area contributed by atoms with E-state index in [0.717, 1.165) is 19.3 Å². The first-order chi connectivity index (χ1) is 9.65. The number of ether oxygens (including phenoxy) is 1. The van der Waals surface area contributed by atoms with E-state index >= 15 is 0 Å². The van der Waals surface area contributed by atoms with Crippen LogP contribution in [0.3, 0.4) is 0 Å². The molecule has 3 heterocycles. The first-order valence-corrected chi connectivity index (χ1v) is 6.61. The van der Waals surface area contributed by atoms with Crippen LogP contribution in [-0.4, -0.2) is 32.2 Å². The highest BCUT2D eigenvalue weighted by molar-refractivity contribution is 6.33.